The van der Waals surface area contributed by atoms with E-state index >= 15 is 0 Å². The van der Waals surface area contributed by atoms with Crippen molar-refractivity contribution in [2.75, 3.05) is 6.67 Å². The van der Waals surface area contributed by atoms with E-state index in [1.165, 1.54) is 6.92 Å². The van der Waals surface area contributed by atoms with Gasteiger partial charge in [0, 0.05) is 0 Å². The van der Waals surface area contributed by atoms with Crippen molar-refractivity contribution in [3.63, 3.8) is 0 Å². The summed E-state index contributed by atoms with van der Waals surface area (Å²) in [6.07, 6.45) is 0. The summed E-state index contributed by atoms with van der Waals surface area (Å²) in [6.45, 7) is 0.432. The molecule has 0 aliphatic carbocycles. The van der Waals surface area contributed by atoms with Gasteiger partial charge in [-0.1, -0.05) is 0 Å². The van der Waals surface area contributed by atoms with Gasteiger partial charge in [0.2, 0.25) is 5.91 Å². The quantitative estimate of drug-likeness (QED) is 0.437. The van der Waals surface area contributed by atoms with Crippen LogP contribution >= 0.6 is 8.38 Å². The number of amides is 1. The Labute approximate surface area is 70.7 Å². The van der Waals surface area contributed by atoms with Crippen LogP contribution in [0.4, 0.5) is 4.39 Å². The van der Waals surface area contributed by atoms with Crippen LogP contribution in [0.1, 0.15) is 6.92 Å². The molecule has 72 valence electrons. The topological polar surface area (TPSA) is 95.6 Å². The summed E-state index contributed by atoms with van der Waals surface area (Å²) in [4.78, 5) is 28.0. The fraction of sp³-hybridized carbons (Fsp3) is 0.800. The van der Waals surface area contributed by atoms with Crippen molar-refractivity contribution in [2.45, 2.75) is 18.7 Å². The number of hydrogen-bond acceptors (Lipinski definition) is 4. The van der Waals surface area contributed by atoms with E-state index in [9.17, 15) is 9.18 Å². The lowest BCUT2D eigenvalue weighted by Crippen LogP contribution is -2.45. The van der Waals surface area contributed by atoms with Gasteiger partial charge in [0.05, 0.1) is 5.78 Å². The van der Waals surface area contributed by atoms with Gasteiger partial charge in [-0.05, 0) is 6.92 Å². The Morgan fingerprint density at radius 3 is 2.58 bits per heavy atom. The van der Waals surface area contributed by atoms with Gasteiger partial charge in [0.1, 0.15) is 12.7 Å². The second-order valence-corrected chi connectivity index (χ2v) is 3.68. The average Bonchev–Trinajstić information content (AvgIpc) is 2.02. The van der Waals surface area contributed by atoms with E-state index in [0.29, 0.717) is 0 Å². The molecule has 2 atom stereocenters. The molecule has 5 nitrogen and oxygen atoms in total. The highest BCUT2D eigenvalue weighted by Crippen LogP contribution is 2.27. The number of carbonyl (C=O) groups excluding carboxylic acids is 1. The Bertz CT molecular complexity index is 158. The van der Waals surface area contributed by atoms with Gasteiger partial charge in [-0.3, -0.25) is 4.79 Å². The van der Waals surface area contributed by atoms with E-state index in [-0.39, 0.29) is 0 Å². The minimum absolute atomic E-state index is 0.722. The molecule has 0 heterocycles. The molecule has 7 heteroatoms. The minimum atomic E-state index is -2.23. The number of halogens is 1. The number of carbonyl (C=O) groups is 1. The molecule has 0 aliphatic rings. The van der Waals surface area contributed by atoms with Crippen LogP contribution < -0.4 is 11.1 Å². The monoisotopic (exact) mass is 198 g/mol. The zero-order valence-corrected chi connectivity index (χ0v) is 7.46. The number of nitrogens with one attached hydrogen (secondary N) is 1. The predicted molar refractivity (Wildman–Crippen MR) is 42.9 cm³/mol. The summed E-state index contributed by atoms with van der Waals surface area (Å²) < 4.78 is 11.8. The van der Waals surface area contributed by atoms with Crippen LogP contribution in [-0.2, 0) is 4.79 Å². The van der Waals surface area contributed by atoms with Crippen molar-refractivity contribution in [3.8, 4) is 0 Å². The largest absolute Gasteiger partial charge is 0.349 e. The molecular weight excluding hydrogens is 186 g/mol. The molecule has 0 fully saturated rings. The average molecular weight is 198 g/mol. The summed E-state index contributed by atoms with van der Waals surface area (Å²) in [5.74, 6) is -1.51. The summed E-state index contributed by atoms with van der Waals surface area (Å²) in [6, 6.07) is -1.23. The molecule has 0 spiro atoms. The normalized spacial score (nSPS) is 15.8. The summed E-state index contributed by atoms with van der Waals surface area (Å²) >= 11 is 0. The second-order valence-electron chi connectivity index (χ2n) is 2.27. The van der Waals surface area contributed by atoms with E-state index in [4.69, 9.17) is 15.5 Å². The van der Waals surface area contributed by atoms with Crippen LogP contribution in [0.3, 0.4) is 0 Å². The van der Waals surface area contributed by atoms with Crippen molar-refractivity contribution >= 4 is 14.3 Å². The lowest BCUT2D eigenvalue weighted by Gasteiger charge is -2.16. The van der Waals surface area contributed by atoms with Crippen LogP contribution in [0.5, 0.6) is 0 Å². The molecule has 0 rings (SSSR count). The summed E-state index contributed by atoms with van der Waals surface area (Å²) in [5, 5.41) is 2.15. The molecule has 12 heavy (non-hydrogen) atoms. The molecule has 1 unspecified atom stereocenters. The number of alkyl halides is 1. The van der Waals surface area contributed by atoms with Crippen molar-refractivity contribution in [3.05, 3.63) is 0 Å². The van der Waals surface area contributed by atoms with E-state index in [1.807, 2.05) is 0 Å². The van der Waals surface area contributed by atoms with E-state index < -0.39 is 32.8 Å². The fourth-order valence-electron chi connectivity index (χ4n) is 0.441. The first-order valence-corrected chi connectivity index (χ1v) is 4.59. The molecule has 0 aromatic carbocycles. The van der Waals surface area contributed by atoms with E-state index in [2.05, 4.69) is 5.32 Å². The maximum absolute atomic E-state index is 11.8. The first-order valence-electron chi connectivity index (χ1n) is 3.28. The minimum Gasteiger partial charge on any atom is -0.349 e. The SMILES string of the molecule is CC(NC(=O)[C@H](N)CF)P(O)O. The number of nitrogens with two attached hydrogens (primary N) is 1. The standard InChI is InChI=1S/C5H12FN2O3P/c1-3(12(10)11)8-5(9)4(7)2-6/h3-4,10-11H,2,7H2,1H3,(H,8,9)/t3?,4-/m1/s1. The number of hydrogen-bond donors (Lipinski definition) is 4. The maximum Gasteiger partial charge on any atom is 0.240 e. The molecule has 0 saturated heterocycles. The molecule has 0 aromatic rings. The van der Waals surface area contributed by atoms with Gasteiger partial charge in [-0.25, -0.2) is 4.39 Å². The van der Waals surface area contributed by atoms with Crippen LogP contribution in [-0.4, -0.2) is 34.2 Å². The predicted octanol–water partition coefficient (Wildman–Crippen LogP) is -0.958. The van der Waals surface area contributed by atoms with Gasteiger partial charge >= 0.3 is 0 Å². The molecule has 1 amide bonds. The Balaban J connectivity index is 3.84. The van der Waals surface area contributed by atoms with Gasteiger partial charge in [-0.15, -0.1) is 0 Å². The third-order valence-corrected chi connectivity index (χ3v) is 2.02. The van der Waals surface area contributed by atoms with Gasteiger partial charge in [-0.2, -0.15) is 0 Å². The zero-order valence-electron chi connectivity index (χ0n) is 6.57. The van der Waals surface area contributed by atoms with Crippen LogP contribution in [0.25, 0.3) is 0 Å². The van der Waals surface area contributed by atoms with Crippen molar-refractivity contribution < 1.29 is 19.0 Å². The second kappa shape index (κ2) is 5.37. The molecule has 0 aliphatic heterocycles. The van der Waals surface area contributed by atoms with Gasteiger partial charge < -0.3 is 20.8 Å². The molecule has 0 bridgehead atoms. The van der Waals surface area contributed by atoms with Crippen molar-refractivity contribution in [1.82, 2.24) is 5.32 Å². The van der Waals surface area contributed by atoms with Crippen LogP contribution in [0, 0.1) is 0 Å². The van der Waals surface area contributed by atoms with E-state index in [0.717, 1.165) is 0 Å². The lowest BCUT2D eigenvalue weighted by atomic mass is 10.3. The molecule has 5 N–H and O–H groups in total. The maximum atomic E-state index is 11.8. The highest BCUT2D eigenvalue weighted by Gasteiger charge is 2.18. The number of rotatable bonds is 4. The molecular formula is C5H12FN2O3P. The van der Waals surface area contributed by atoms with Crippen LogP contribution in [0.2, 0.25) is 0 Å². The van der Waals surface area contributed by atoms with E-state index in [1.54, 1.807) is 0 Å². The molecule has 0 aromatic heterocycles. The summed E-state index contributed by atoms with van der Waals surface area (Å²) in [7, 11) is -2.23. The molecule has 0 saturated carbocycles. The smallest absolute Gasteiger partial charge is 0.240 e. The van der Waals surface area contributed by atoms with Crippen molar-refractivity contribution in [1.29, 1.82) is 0 Å². The first-order chi connectivity index (χ1) is 5.49. The van der Waals surface area contributed by atoms with Gasteiger partial charge in [0.15, 0.2) is 8.38 Å². The Kier molecular flexibility index (Phi) is 5.24. The highest BCUT2D eigenvalue weighted by molar-refractivity contribution is 7.45. The highest BCUT2D eigenvalue weighted by atomic mass is 31.2. The third kappa shape index (κ3) is 3.92. The Morgan fingerprint density at radius 2 is 2.25 bits per heavy atom. The molecule has 0 radical (unpaired) electrons. The first kappa shape index (κ1) is 11.7. The Morgan fingerprint density at radius 1 is 1.75 bits per heavy atom. The van der Waals surface area contributed by atoms with Gasteiger partial charge in [0.25, 0.3) is 0 Å². The summed E-state index contributed by atoms with van der Waals surface area (Å²) in [5.41, 5.74) is 5.02. The van der Waals surface area contributed by atoms with Crippen LogP contribution in [0.15, 0.2) is 0 Å². The zero-order chi connectivity index (χ0) is 9.72. The lowest BCUT2D eigenvalue weighted by molar-refractivity contribution is -0.122. The Hall–Kier alpha value is -0.290. The van der Waals surface area contributed by atoms with Crippen molar-refractivity contribution in [2.24, 2.45) is 5.73 Å². The third-order valence-electron chi connectivity index (χ3n) is 1.20. The fourth-order valence-corrected chi connectivity index (χ4v) is 0.683.